The van der Waals surface area contributed by atoms with Crippen LogP contribution in [0.4, 0.5) is 5.69 Å². The number of carbonyl (C=O) groups is 3. The molecule has 128 valence electrons. The van der Waals surface area contributed by atoms with Gasteiger partial charge in [-0.25, -0.2) is 4.79 Å². The van der Waals surface area contributed by atoms with Gasteiger partial charge in [0.15, 0.2) is 0 Å². The number of rotatable bonds is 5. The van der Waals surface area contributed by atoms with Crippen LogP contribution in [0.3, 0.4) is 0 Å². The van der Waals surface area contributed by atoms with Crippen molar-refractivity contribution in [2.24, 2.45) is 5.92 Å². The quantitative estimate of drug-likeness (QED) is 0.773. The van der Waals surface area contributed by atoms with Crippen molar-refractivity contribution in [3.8, 4) is 0 Å². The number of carboxylic acid groups (broad SMARTS) is 1. The predicted octanol–water partition coefficient (Wildman–Crippen LogP) is 2.55. The summed E-state index contributed by atoms with van der Waals surface area (Å²) in [5, 5.41) is 14.6. The molecule has 0 aliphatic heterocycles. The minimum atomic E-state index is -1.11. The number of nitrogens with one attached hydrogen (secondary N) is 2. The van der Waals surface area contributed by atoms with Crippen LogP contribution in [0.5, 0.6) is 0 Å². The lowest BCUT2D eigenvalue weighted by Crippen LogP contribution is -2.43. The summed E-state index contributed by atoms with van der Waals surface area (Å²) >= 11 is 0. The molecule has 0 saturated heterocycles. The van der Waals surface area contributed by atoms with Gasteiger partial charge in [-0.2, -0.15) is 0 Å². The molecule has 6 heteroatoms. The summed E-state index contributed by atoms with van der Waals surface area (Å²) in [6.45, 7) is 0. The van der Waals surface area contributed by atoms with E-state index >= 15 is 0 Å². The van der Waals surface area contributed by atoms with Crippen molar-refractivity contribution in [3.05, 3.63) is 29.8 Å². The Hall–Kier alpha value is -2.37. The summed E-state index contributed by atoms with van der Waals surface area (Å²) in [6, 6.07) is 6.63. The van der Waals surface area contributed by atoms with Gasteiger partial charge in [0.05, 0.1) is 0 Å². The molecule has 2 aliphatic rings. The van der Waals surface area contributed by atoms with Crippen LogP contribution in [0, 0.1) is 5.92 Å². The van der Waals surface area contributed by atoms with Crippen molar-refractivity contribution in [2.45, 2.75) is 50.5 Å². The zero-order valence-electron chi connectivity index (χ0n) is 13.5. The average Bonchev–Trinajstić information content (AvgIpc) is 3.37. The third-order valence-electron chi connectivity index (χ3n) is 4.88. The standard InChI is InChI=1S/C18H22N2O4/c21-15(12-5-2-1-3-6-12)19-14-8-4-7-13(11-14)16(22)20-18(9-10-18)17(23)24/h4,7-8,11-12H,1-3,5-6,9-10H2,(H,19,21)(H,20,22)(H,23,24). The molecule has 0 bridgehead atoms. The van der Waals surface area contributed by atoms with Gasteiger partial charge in [0.25, 0.3) is 5.91 Å². The van der Waals surface area contributed by atoms with Gasteiger partial charge in [0.2, 0.25) is 5.91 Å². The highest BCUT2D eigenvalue weighted by atomic mass is 16.4. The molecule has 6 nitrogen and oxygen atoms in total. The molecule has 1 aromatic carbocycles. The molecule has 0 heterocycles. The number of hydrogen-bond donors (Lipinski definition) is 3. The lowest BCUT2D eigenvalue weighted by atomic mass is 9.88. The van der Waals surface area contributed by atoms with Crippen molar-refractivity contribution >= 4 is 23.5 Å². The fraction of sp³-hybridized carbons (Fsp3) is 0.500. The number of carbonyl (C=O) groups excluding carboxylic acids is 2. The first-order valence-electron chi connectivity index (χ1n) is 8.47. The van der Waals surface area contributed by atoms with E-state index in [9.17, 15) is 14.4 Å². The number of anilines is 1. The van der Waals surface area contributed by atoms with E-state index in [0.717, 1.165) is 25.7 Å². The molecule has 2 amide bonds. The predicted molar refractivity (Wildman–Crippen MR) is 88.7 cm³/mol. The molecule has 0 unspecified atom stereocenters. The van der Waals surface area contributed by atoms with Crippen LogP contribution in [0.1, 0.15) is 55.3 Å². The Morgan fingerprint density at radius 1 is 1.08 bits per heavy atom. The van der Waals surface area contributed by atoms with Crippen LogP contribution in [-0.2, 0) is 9.59 Å². The lowest BCUT2D eigenvalue weighted by molar-refractivity contribution is -0.140. The Kier molecular flexibility index (Phi) is 4.55. The molecular formula is C18H22N2O4. The van der Waals surface area contributed by atoms with E-state index in [1.54, 1.807) is 24.3 Å². The fourth-order valence-electron chi connectivity index (χ4n) is 3.15. The van der Waals surface area contributed by atoms with Crippen LogP contribution in [0.15, 0.2) is 24.3 Å². The molecule has 0 radical (unpaired) electrons. The molecular weight excluding hydrogens is 308 g/mol. The van der Waals surface area contributed by atoms with Crippen molar-refractivity contribution in [1.82, 2.24) is 5.32 Å². The molecule has 0 spiro atoms. The van der Waals surface area contributed by atoms with Crippen LogP contribution >= 0.6 is 0 Å². The molecule has 24 heavy (non-hydrogen) atoms. The largest absolute Gasteiger partial charge is 0.480 e. The van der Waals surface area contributed by atoms with Gasteiger partial charge < -0.3 is 15.7 Å². The lowest BCUT2D eigenvalue weighted by Gasteiger charge is -2.21. The normalized spacial score (nSPS) is 19.3. The van der Waals surface area contributed by atoms with Gasteiger partial charge in [0, 0.05) is 17.2 Å². The molecule has 0 aromatic heterocycles. The Balaban J connectivity index is 1.64. The van der Waals surface area contributed by atoms with Gasteiger partial charge in [-0.1, -0.05) is 25.3 Å². The maximum atomic E-state index is 12.3. The van der Waals surface area contributed by atoms with Crippen LogP contribution < -0.4 is 10.6 Å². The zero-order valence-corrected chi connectivity index (χ0v) is 13.5. The van der Waals surface area contributed by atoms with Gasteiger partial charge >= 0.3 is 5.97 Å². The summed E-state index contributed by atoms with van der Waals surface area (Å²) < 4.78 is 0. The Labute approximate surface area is 140 Å². The topological polar surface area (TPSA) is 95.5 Å². The number of amides is 2. The van der Waals surface area contributed by atoms with Crippen LogP contribution in [0.25, 0.3) is 0 Å². The second-order valence-electron chi connectivity index (χ2n) is 6.75. The van der Waals surface area contributed by atoms with Crippen LogP contribution in [0.2, 0.25) is 0 Å². The van der Waals surface area contributed by atoms with Crippen molar-refractivity contribution in [2.75, 3.05) is 5.32 Å². The first-order valence-corrected chi connectivity index (χ1v) is 8.47. The van der Waals surface area contributed by atoms with Gasteiger partial charge in [0.1, 0.15) is 5.54 Å². The molecule has 2 aliphatic carbocycles. The molecule has 2 fully saturated rings. The van der Waals surface area contributed by atoms with E-state index < -0.39 is 17.4 Å². The highest BCUT2D eigenvalue weighted by Crippen LogP contribution is 2.35. The Morgan fingerprint density at radius 2 is 1.79 bits per heavy atom. The summed E-state index contributed by atoms with van der Waals surface area (Å²) in [6.07, 6.45) is 6.07. The van der Waals surface area contributed by atoms with Crippen molar-refractivity contribution in [1.29, 1.82) is 0 Å². The highest BCUT2D eigenvalue weighted by Gasteiger charge is 2.51. The Bertz CT molecular complexity index is 661. The van der Waals surface area contributed by atoms with Gasteiger partial charge in [-0.15, -0.1) is 0 Å². The minimum absolute atomic E-state index is 0.00328. The van der Waals surface area contributed by atoms with Gasteiger partial charge in [-0.05, 0) is 43.9 Å². The molecule has 3 N–H and O–H groups in total. The van der Waals surface area contributed by atoms with Crippen LogP contribution in [-0.4, -0.2) is 28.4 Å². The zero-order chi connectivity index (χ0) is 17.2. The first-order chi connectivity index (χ1) is 11.5. The average molecular weight is 330 g/mol. The van der Waals surface area contributed by atoms with Gasteiger partial charge in [-0.3, -0.25) is 9.59 Å². The Morgan fingerprint density at radius 3 is 2.42 bits per heavy atom. The maximum absolute atomic E-state index is 12.3. The third kappa shape index (κ3) is 3.58. The highest BCUT2D eigenvalue weighted by molar-refractivity contribution is 6.00. The van der Waals surface area contributed by atoms with E-state index in [4.69, 9.17) is 5.11 Å². The number of benzene rings is 1. The van der Waals surface area contributed by atoms with E-state index in [0.29, 0.717) is 24.1 Å². The molecule has 2 saturated carbocycles. The summed E-state index contributed by atoms with van der Waals surface area (Å²) in [4.78, 5) is 35.7. The van der Waals surface area contributed by atoms with E-state index in [1.165, 1.54) is 6.42 Å². The number of carboxylic acids is 1. The molecule has 1 aromatic rings. The molecule has 3 rings (SSSR count). The van der Waals surface area contributed by atoms with E-state index in [-0.39, 0.29) is 11.8 Å². The number of hydrogen-bond acceptors (Lipinski definition) is 3. The summed E-state index contributed by atoms with van der Waals surface area (Å²) in [7, 11) is 0. The number of aliphatic carboxylic acids is 1. The second-order valence-corrected chi connectivity index (χ2v) is 6.75. The second kappa shape index (κ2) is 6.63. The monoisotopic (exact) mass is 330 g/mol. The third-order valence-corrected chi connectivity index (χ3v) is 4.88. The van der Waals surface area contributed by atoms with E-state index in [2.05, 4.69) is 10.6 Å². The summed E-state index contributed by atoms with van der Waals surface area (Å²) in [5.74, 6) is -1.39. The van der Waals surface area contributed by atoms with Crippen molar-refractivity contribution < 1.29 is 19.5 Å². The SMILES string of the molecule is O=C(NC1(C(=O)O)CC1)c1cccc(NC(=O)C2CCCCC2)c1. The molecule has 0 atom stereocenters. The summed E-state index contributed by atoms with van der Waals surface area (Å²) in [5.41, 5.74) is -0.194. The maximum Gasteiger partial charge on any atom is 0.329 e. The van der Waals surface area contributed by atoms with E-state index in [1.807, 2.05) is 0 Å². The van der Waals surface area contributed by atoms with Crippen molar-refractivity contribution in [3.63, 3.8) is 0 Å². The fourth-order valence-corrected chi connectivity index (χ4v) is 3.15. The smallest absolute Gasteiger partial charge is 0.329 e. The first kappa shape index (κ1) is 16.5. The minimum Gasteiger partial charge on any atom is -0.480 e.